The van der Waals surface area contributed by atoms with Gasteiger partial charge in [0.15, 0.2) is 0 Å². The van der Waals surface area contributed by atoms with Crippen molar-refractivity contribution in [3.05, 3.63) is 28.2 Å². The minimum atomic E-state index is -3.82. The Bertz CT molecular complexity index is 760. The van der Waals surface area contributed by atoms with Crippen LogP contribution in [0.3, 0.4) is 0 Å². The number of sulfonamides is 1. The van der Waals surface area contributed by atoms with Gasteiger partial charge in [0.1, 0.15) is 4.90 Å². The van der Waals surface area contributed by atoms with Crippen LogP contribution >= 0.6 is 23.2 Å². The van der Waals surface area contributed by atoms with E-state index in [1.54, 1.807) is 17.9 Å². The topological polar surface area (TPSA) is 98.8 Å². The fourth-order valence-corrected chi connectivity index (χ4v) is 5.07. The van der Waals surface area contributed by atoms with Crippen molar-refractivity contribution in [1.29, 1.82) is 0 Å². The van der Waals surface area contributed by atoms with Gasteiger partial charge in [0.25, 0.3) is 0 Å². The van der Waals surface area contributed by atoms with Crippen molar-refractivity contribution in [3.63, 3.8) is 0 Å². The maximum absolute atomic E-state index is 12.8. The molecule has 0 saturated carbocycles. The van der Waals surface area contributed by atoms with Crippen LogP contribution in [0.4, 0.5) is 4.79 Å². The molecule has 0 unspecified atom stereocenters. The SMILES string of the molecule is CCNC(=O)NC(=O)CN1CCN(S(=O)(=O)c2c(Cl)cccc2Cl)CC1. The van der Waals surface area contributed by atoms with Crippen molar-refractivity contribution in [2.45, 2.75) is 11.8 Å². The molecule has 3 amide bonds. The summed E-state index contributed by atoms with van der Waals surface area (Å²) in [6, 6.07) is 3.98. The third kappa shape index (κ3) is 5.08. The summed E-state index contributed by atoms with van der Waals surface area (Å²) < 4.78 is 26.9. The molecule has 0 bridgehead atoms. The maximum atomic E-state index is 12.8. The van der Waals surface area contributed by atoms with E-state index in [0.29, 0.717) is 19.6 Å². The van der Waals surface area contributed by atoms with E-state index >= 15 is 0 Å². The number of carbonyl (C=O) groups excluding carboxylic acids is 2. The summed E-state index contributed by atoms with van der Waals surface area (Å²) >= 11 is 12.0. The predicted octanol–water partition coefficient (Wildman–Crippen LogP) is 1.15. The monoisotopic (exact) mass is 422 g/mol. The highest BCUT2D eigenvalue weighted by molar-refractivity contribution is 7.89. The van der Waals surface area contributed by atoms with Gasteiger partial charge in [0.05, 0.1) is 16.6 Å². The van der Waals surface area contributed by atoms with E-state index in [0.717, 1.165) is 0 Å². The second-order valence-electron chi connectivity index (χ2n) is 5.64. The number of urea groups is 1. The van der Waals surface area contributed by atoms with E-state index in [2.05, 4.69) is 10.6 Å². The molecule has 1 fully saturated rings. The van der Waals surface area contributed by atoms with Gasteiger partial charge < -0.3 is 5.32 Å². The number of hydrogen-bond acceptors (Lipinski definition) is 5. The van der Waals surface area contributed by atoms with Crippen molar-refractivity contribution in [1.82, 2.24) is 19.8 Å². The first-order chi connectivity index (χ1) is 12.3. The molecule has 0 atom stereocenters. The highest BCUT2D eigenvalue weighted by Crippen LogP contribution is 2.31. The predicted molar refractivity (Wildman–Crippen MR) is 98.9 cm³/mol. The Morgan fingerprint density at radius 1 is 1.12 bits per heavy atom. The van der Waals surface area contributed by atoms with Gasteiger partial charge >= 0.3 is 6.03 Å². The number of imide groups is 1. The van der Waals surface area contributed by atoms with Crippen molar-refractivity contribution in [3.8, 4) is 0 Å². The van der Waals surface area contributed by atoms with Gasteiger partial charge in [-0.05, 0) is 19.1 Å². The van der Waals surface area contributed by atoms with Crippen LogP contribution in [0, 0.1) is 0 Å². The minimum Gasteiger partial charge on any atom is -0.338 e. The number of rotatable bonds is 5. The lowest BCUT2D eigenvalue weighted by molar-refractivity contribution is -0.121. The lowest BCUT2D eigenvalue weighted by Crippen LogP contribution is -2.52. The van der Waals surface area contributed by atoms with E-state index in [1.807, 2.05) is 0 Å². The first kappa shape index (κ1) is 20.9. The number of carbonyl (C=O) groups is 2. The maximum Gasteiger partial charge on any atom is 0.321 e. The summed E-state index contributed by atoms with van der Waals surface area (Å²) in [5.41, 5.74) is 0. The molecule has 2 N–H and O–H groups in total. The number of amides is 3. The lowest BCUT2D eigenvalue weighted by Gasteiger charge is -2.33. The van der Waals surface area contributed by atoms with Crippen LogP contribution in [-0.2, 0) is 14.8 Å². The van der Waals surface area contributed by atoms with Crippen molar-refractivity contribution < 1.29 is 18.0 Å². The fraction of sp³-hybridized carbons (Fsp3) is 0.467. The Hall–Kier alpha value is -1.39. The first-order valence-electron chi connectivity index (χ1n) is 8.00. The van der Waals surface area contributed by atoms with Crippen LogP contribution in [0.5, 0.6) is 0 Å². The van der Waals surface area contributed by atoms with Crippen LogP contribution < -0.4 is 10.6 Å². The zero-order valence-corrected chi connectivity index (χ0v) is 16.5. The van der Waals surface area contributed by atoms with Crippen molar-refractivity contribution in [2.24, 2.45) is 0 Å². The largest absolute Gasteiger partial charge is 0.338 e. The molecule has 144 valence electrons. The minimum absolute atomic E-state index is 0.0118. The normalized spacial score (nSPS) is 16.3. The summed E-state index contributed by atoms with van der Waals surface area (Å²) in [6.45, 7) is 3.26. The Kier molecular flexibility index (Phi) is 7.24. The van der Waals surface area contributed by atoms with E-state index in [4.69, 9.17) is 23.2 Å². The fourth-order valence-electron chi connectivity index (χ4n) is 2.56. The molecule has 2 rings (SSSR count). The molecule has 1 aliphatic rings. The molecule has 1 heterocycles. The summed E-state index contributed by atoms with van der Waals surface area (Å²) in [5.74, 6) is -0.443. The van der Waals surface area contributed by atoms with Crippen LogP contribution in [-0.4, -0.2) is 68.8 Å². The van der Waals surface area contributed by atoms with Crippen LogP contribution in [0.2, 0.25) is 10.0 Å². The standard InChI is InChI=1S/C15H20Cl2N4O4S/c1-2-18-15(23)19-13(22)10-20-6-8-21(9-7-20)26(24,25)14-11(16)4-3-5-12(14)17/h3-5H,2,6-10H2,1H3,(H2,18,19,22,23). The first-order valence-corrected chi connectivity index (χ1v) is 10.2. The van der Waals surface area contributed by atoms with Gasteiger partial charge in [-0.3, -0.25) is 15.0 Å². The number of benzene rings is 1. The van der Waals surface area contributed by atoms with E-state index in [9.17, 15) is 18.0 Å². The van der Waals surface area contributed by atoms with Crippen molar-refractivity contribution in [2.75, 3.05) is 39.3 Å². The molecule has 0 aromatic heterocycles. The summed E-state index contributed by atoms with van der Waals surface area (Å²) in [5, 5.41) is 4.82. The quantitative estimate of drug-likeness (QED) is 0.741. The molecule has 1 saturated heterocycles. The highest BCUT2D eigenvalue weighted by Gasteiger charge is 2.32. The Morgan fingerprint density at radius 2 is 1.69 bits per heavy atom. The summed E-state index contributed by atoms with van der Waals surface area (Å²) in [6.07, 6.45) is 0. The van der Waals surface area contributed by atoms with E-state index in [-0.39, 0.29) is 34.6 Å². The molecule has 0 spiro atoms. The number of nitrogens with zero attached hydrogens (tertiary/aromatic N) is 2. The third-order valence-corrected chi connectivity index (χ3v) is 6.66. The zero-order valence-electron chi connectivity index (χ0n) is 14.2. The molecule has 1 aromatic carbocycles. The smallest absolute Gasteiger partial charge is 0.321 e. The van der Waals surface area contributed by atoms with Gasteiger partial charge in [0.2, 0.25) is 15.9 Å². The third-order valence-electron chi connectivity index (χ3n) is 3.81. The summed E-state index contributed by atoms with van der Waals surface area (Å²) in [7, 11) is -3.82. The van der Waals surface area contributed by atoms with Gasteiger partial charge in [0, 0.05) is 32.7 Å². The average Bonchev–Trinajstić information content (AvgIpc) is 2.55. The number of piperazine rings is 1. The highest BCUT2D eigenvalue weighted by atomic mass is 35.5. The average molecular weight is 423 g/mol. The Labute approximate surface area is 162 Å². The molecule has 8 nitrogen and oxygen atoms in total. The van der Waals surface area contributed by atoms with Gasteiger partial charge in [-0.15, -0.1) is 0 Å². The Balaban J connectivity index is 1.96. The van der Waals surface area contributed by atoms with Gasteiger partial charge in [-0.25, -0.2) is 13.2 Å². The molecule has 0 radical (unpaired) electrons. The molecular weight excluding hydrogens is 403 g/mol. The molecular formula is C15H20Cl2N4O4S. The molecule has 0 aliphatic carbocycles. The van der Waals surface area contributed by atoms with Gasteiger partial charge in [-0.1, -0.05) is 29.3 Å². The molecule has 11 heteroatoms. The van der Waals surface area contributed by atoms with Gasteiger partial charge in [-0.2, -0.15) is 4.31 Å². The zero-order chi connectivity index (χ0) is 19.3. The molecule has 1 aromatic rings. The lowest BCUT2D eigenvalue weighted by atomic mass is 10.3. The van der Waals surface area contributed by atoms with E-state index < -0.39 is 22.0 Å². The molecule has 1 aliphatic heterocycles. The summed E-state index contributed by atoms with van der Waals surface area (Å²) in [4.78, 5) is 24.8. The number of hydrogen-bond donors (Lipinski definition) is 2. The van der Waals surface area contributed by atoms with E-state index in [1.165, 1.54) is 16.4 Å². The Morgan fingerprint density at radius 3 is 2.23 bits per heavy atom. The number of nitrogens with one attached hydrogen (secondary N) is 2. The number of halogens is 2. The van der Waals surface area contributed by atoms with Crippen LogP contribution in [0.1, 0.15) is 6.92 Å². The van der Waals surface area contributed by atoms with Crippen LogP contribution in [0.25, 0.3) is 0 Å². The second kappa shape index (κ2) is 9.01. The van der Waals surface area contributed by atoms with Crippen LogP contribution in [0.15, 0.2) is 23.1 Å². The van der Waals surface area contributed by atoms with Crippen molar-refractivity contribution >= 4 is 45.2 Å². The second-order valence-corrected chi connectivity index (χ2v) is 8.33. The molecule has 26 heavy (non-hydrogen) atoms.